The molecule has 1 aromatic heterocycles. The Balaban J connectivity index is 1.75. The first-order valence-electron chi connectivity index (χ1n) is 7.26. The zero-order chi connectivity index (χ0) is 14.7. The molecule has 0 amide bonds. The van der Waals surface area contributed by atoms with E-state index in [0.29, 0.717) is 13.2 Å². The Bertz CT molecular complexity index is 543. The first-order valence-corrected chi connectivity index (χ1v) is 8.14. The van der Waals surface area contributed by atoms with E-state index in [1.54, 1.807) is 11.3 Å². The summed E-state index contributed by atoms with van der Waals surface area (Å²) >= 11 is 1.77. The molecule has 2 aromatic rings. The van der Waals surface area contributed by atoms with Gasteiger partial charge in [0.25, 0.3) is 0 Å². The van der Waals surface area contributed by atoms with Gasteiger partial charge in [0.05, 0.1) is 25.3 Å². The fourth-order valence-corrected chi connectivity index (χ4v) is 3.28. The van der Waals surface area contributed by atoms with E-state index in [-0.39, 0.29) is 12.1 Å². The van der Waals surface area contributed by atoms with Gasteiger partial charge in [-0.2, -0.15) is 0 Å². The molecule has 4 heteroatoms. The molecule has 1 aliphatic rings. The lowest BCUT2D eigenvalue weighted by molar-refractivity contribution is -0.253. The number of hydrogen-bond acceptors (Lipinski definition) is 4. The summed E-state index contributed by atoms with van der Waals surface area (Å²) in [6, 6.07) is 15.2. The maximum atomic E-state index is 5.75. The minimum absolute atomic E-state index is 0.185. The Morgan fingerprint density at radius 2 is 1.81 bits per heavy atom. The normalized spacial score (nSPS) is 20.3. The molecule has 0 radical (unpaired) electrons. The zero-order valence-electron chi connectivity index (χ0n) is 12.4. The molecule has 0 bridgehead atoms. The van der Waals surface area contributed by atoms with Crippen molar-refractivity contribution >= 4 is 11.3 Å². The Labute approximate surface area is 129 Å². The highest BCUT2D eigenvalue weighted by molar-refractivity contribution is 7.10. The molecular formula is C17H21NO2S. The van der Waals surface area contributed by atoms with Crippen LogP contribution in [0.4, 0.5) is 0 Å². The van der Waals surface area contributed by atoms with E-state index in [9.17, 15) is 0 Å². The molecule has 0 saturated carbocycles. The van der Waals surface area contributed by atoms with Crippen LogP contribution in [-0.4, -0.2) is 25.0 Å². The van der Waals surface area contributed by atoms with Crippen LogP contribution in [0.5, 0.6) is 0 Å². The van der Waals surface area contributed by atoms with E-state index < -0.39 is 5.79 Å². The fourth-order valence-electron chi connectivity index (χ4n) is 2.47. The maximum Gasteiger partial charge on any atom is 0.162 e. The second-order valence-electron chi connectivity index (χ2n) is 5.74. The van der Waals surface area contributed by atoms with E-state index in [1.165, 1.54) is 10.4 Å². The van der Waals surface area contributed by atoms with Crippen LogP contribution in [0.3, 0.4) is 0 Å². The van der Waals surface area contributed by atoms with Gasteiger partial charge in [0, 0.05) is 4.88 Å². The number of rotatable bonds is 4. The van der Waals surface area contributed by atoms with Gasteiger partial charge < -0.3 is 9.47 Å². The number of ether oxygens (including phenoxy) is 2. The lowest BCUT2D eigenvalue weighted by Crippen LogP contribution is -2.49. The molecule has 1 aromatic carbocycles. The smallest absolute Gasteiger partial charge is 0.162 e. The van der Waals surface area contributed by atoms with Crippen molar-refractivity contribution < 1.29 is 9.47 Å². The summed E-state index contributed by atoms with van der Waals surface area (Å²) in [6.45, 7) is 5.25. The van der Waals surface area contributed by atoms with Gasteiger partial charge in [-0.1, -0.05) is 36.4 Å². The van der Waals surface area contributed by atoms with Gasteiger partial charge in [0.2, 0.25) is 0 Å². The van der Waals surface area contributed by atoms with Crippen LogP contribution in [0.1, 0.15) is 30.3 Å². The van der Waals surface area contributed by atoms with Crippen LogP contribution in [-0.2, 0) is 9.47 Å². The molecule has 1 aliphatic heterocycles. The summed E-state index contributed by atoms with van der Waals surface area (Å²) in [5, 5.41) is 5.79. The monoisotopic (exact) mass is 303 g/mol. The summed E-state index contributed by atoms with van der Waals surface area (Å²) in [4.78, 5) is 1.31. The lowest BCUT2D eigenvalue weighted by atomic mass is 10.0. The van der Waals surface area contributed by atoms with Gasteiger partial charge in [-0.3, -0.25) is 5.32 Å². The standard InChI is InChI=1S/C17H21NO2S/c1-17(2)19-11-14(12-20-17)18-16(15-9-6-10-21-15)13-7-4-3-5-8-13/h3-10,14,16,18H,11-12H2,1-2H3. The fraction of sp³-hybridized carbons (Fsp3) is 0.412. The summed E-state index contributed by atoms with van der Waals surface area (Å²) in [6.07, 6.45) is 0. The van der Waals surface area contributed by atoms with E-state index in [4.69, 9.17) is 9.47 Å². The molecule has 21 heavy (non-hydrogen) atoms. The van der Waals surface area contributed by atoms with E-state index in [0.717, 1.165) is 0 Å². The SMILES string of the molecule is CC1(C)OCC(NC(c2ccccc2)c2cccs2)CO1. The number of benzene rings is 1. The van der Waals surface area contributed by atoms with Crippen molar-refractivity contribution in [2.75, 3.05) is 13.2 Å². The number of thiophene rings is 1. The van der Waals surface area contributed by atoms with Gasteiger partial charge in [-0.25, -0.2) is 0 Å². The predicted molar refractivity (Wildman–Crippen MR) is 85.5 cm³/mol. The molecule has 1 fully saturated rings. The van der Waals surface area contributed by atoms with Crippen molar-refractivity contribution in [2.24, 2.45) is 0 Å². The van der Waals surface area contributed by atoms with Gasteiger partial charge in [0.15, 0.2) is 5.79 Å². The zero-order valence-corrected chi connectivity index (χ0v) is 13.2. The first-order chi connectivity index (χ1) is 10.1. The van der Waals surface area contributed by atoms with Crippen molar-refractivity contribution in [3.63, 3.8) is 0 Å². The molecule has 3 nitrogen and oxygen atoms in total. The average Bonchev–Trinajstić information content (AvgIpc) is 3.01. The third kappa shape index (κ3) is 3.71. The number of hydrogen-bond donors (Lipinski definition) is 1. The third-order valence-electron chi connectivity index (χ3n) is 3.63. The molecule has 3 rings (SSSR count). The molecule has 1 saturated heterocycles. The first kappa shape index (κ1) is 14.7. The van der Waals surface area contributed by atoms with Crippen molar-refractivity contribution in [2.45, 2.75) is 31.7 Å². The van der Waals surface area contributed by atoms with Crippen molar-refractivity contribution in [1.82, 2.24) is 5.32 Å². The molecule has 1 unspecified atom stereocenters. The molecule has 0 spiro atoms. The van der Waals surface area contributed by atoms with Crippen LogP contribution in [0.15, 0.2) is 47.8 Å². The molecule has 1 atom stereocenters. The Hall–Kier alpha value is -1.20. The second-order valence-corrected chi connectivity index (χ2v) is 6.72. The molecule has 112 valence electrons. The predicted octanol–water partition coefficient (Wildman–Crippen LogP) is 3.58. The highest BCUT2D eigenvalue weighted by atomic mass is 32.1. The minimum Gasteiger partial charge on any atom is -0.349 e. The summed E-state index contributed by atoms with van der Waals surface area (Å²) in [5.41, 5.74) is 1.27. The van der Waals surface area contributed by atoms with Gasteiger partial charge >= 0.3 is 0 Å². The third-order valence-corrected chi connectivity index (χ3v) is 4.56. The van der Waals surface area contributed by atoms with E-state index in [2.05, 4.69) is 47.1 Å². The molecular weight excluding hydrogens is 282 g/mol. The molecule has 2 heterocycles. The largest absolute Gasteiger partial charge is 0.349 e. The highest BCUT2D eigenvalue weighted by Gasteiger charge is 2.30. The van der Waals surface area contributed by atoms with Gasteiger partial charge in [-0.15, -0.1) is 11.3 Å². The number of nitrogens with one attached hydrogen (secondary N) is 1. The lowest BCUT2D eigenvalue weighted by Gasteiger charge is -2.36. The Morgan fingerprint density at radius 1 is 1.10 bits per heavy atom. The van der Waals surface area contributed by atoms with Crippen molar-refractivity contribution in [1.29, 1.82) is 0 Å². The average molecular weight is 303 g/mol. The Morgan fingerprint density at radius 3 is 2.43 bits per heavy atom. The van der Waals surface area contributed by atoms with E-state index in [1.807, 2.05) is 19.9 Å². The van der Waals surface area contributed by atoms with Crippen LogP contribution in [0, 0.1) is 0 Å². The maximum absolute atomic E-state index is 5.75. The summed E-state index contributed by atoms with van der Waals surface area (Å²) in [7, 11) is 0. The summed E-state index contributed by atoms with van der Waals surface area (Å²) in [5.74, 6) is -0.469. The minimum atomic E-state index is -0.469. The highest BCUT2D eigenvalue weighted by Crippen LogP contribution is 2.27. The molecule has 0 aliphatic carbocycles. The summed E-state index contributed by atoms with van der Waals surface area (Å²) < 4.78 is 11.5. The van der Waals surface area contributed by atoms with Gasteiger partial charge in [0.1, 0.15) is 0 Å². The van der Waals surface area contributed by atoms with E-state index >= 15 is 0 Å². The van der Waals surface area contributed by atoms with Crippen LogP contribution >= 0.6 is 11.3 Å². The van der Waals surface area contributed by atoms with Gasteiger partial charge in [-0.05, 0) is 30.9 Å². The second kappa shape index (κ2) is 6.28. The topological polar surface area (TPSA) is 30.5 Å². The molecule has 1 N–H and O–H groups in total. The van der Waals surface area contributed by atoms with Crippen molar-refractivity contribution in [3.05, 3.63) is 58.3 Å². The van der Waals surface area contributed by atoms with Crippen molar-refractivity contribution in [3.8, 4) is 0 Å². The quantitative estimate of drug-likeness (QED) is 0.936. The van der Waals surface area contributed by atoms with Crippen LogP contribution in [0.25, 0.3) is 0 Å². The van der Waals surface area contributed by atoms with Crippen LogP contribution < -0.4 is 5.32 Å². The van der Waals surface area contributed by atoms with Crippen LogP contribution in [0.2, 0.25) is 0 Å². The Kier molecular flexibility index (Phi) is 4.40.